The van der Waals surface area contributed by atoms with Gasteiger partial charge >= 0.3 is 5.97 Å². The molecular formula is C11H6FIO2. The van der Waals surface area contributed by atoms with Crippen LogP contribution in [0.5, 0.6) is 0 Å². The van der Waals surface area contributed by atoms with Gasteiger partial charge in [0.2, 0.25) is 0 Å². The monoisotopic (exact) mass is 316 g/mol. The van der Waals surface area contributed by atoms with Crippen molar-refractivity contribution in [1.82, 2.24) is 0 Å². The zero-order chi connectivity index (χ0) is 11.0. The fourth-order valence-corrected chi connectivity index (χ4v) is 2.23. The molecule has 76 valence electrons. The van der Waals surface area contributed by atoms with Gasteiger partial charge in [0.15, 0.2) is 0 Å². The molecule has 2 aromatic rings. The van der Waals surface area contributed by atoms with Crippen molar-refractivity contribution < 1.29 is 14.3 Å². The second-order valence-electron chi connectivity index (χ2n) is 3.07. The van der Waals surface area contributed by atoms with E-state index in [1.54, 1.807) is 24.3 Å². The molecule has 2 rings (SSSR count). The largest absolute Gasteiger partial charge is 0.478 e. The molecule has 0 heterocycles. The molecule has 0 atom stereocenters. The van der Waals surface area contributed by atoms with Gasteiger partial charge in [0.1, 0.15) is 5.82 Å². The summed E-state index contributed by atoms with van der Waals surface area (Å²) in [5.41, 5.74) is -0.280. The van der Waals surface area contributed by atoms with Crippen LogP contribution in [0.1, 0.15) is 10.4 Å². The fraction of sp³-hybridized carbons (Fsp3) is 0. The lowest BCUT2D eigenvalue weighted by molar-refractivity contribution is 0.0692. The van der Waals surface area contributed by atoms with E-state index in [1.807, 2.05) is 22.6 Å². The van der Waals surface area contributed by atoms with Gasteiger partial charge in [0.25, 0.3) is 0 Å². The van der Waals surface area contributed by atoms with Crippen molar-refractivity contribution in [2.45, 2.75) is 0 Å². The Morgan fingerprint density at radius 3 is 2.47 bits per heavy atom. The topological polar surface area (TPSA) is 37.3 Å². The minimum atomic E-state index is -1.24. The summed E-state index contributed by atoms with van der Waals surface area (Å²) in [6, 6.07) is 8.18. The molecule has 0 aliphatic heterocycles. The number of carboxylic acids is 1. The van der Waals surface area contributed by atoms with E-state index in [0.29, 0.717) is 5.39 Å². The third kappa shape index (κ3) is 1.69. The minimum Gasteiger partial charge on any atom is -0.478 e. The molecule has 0 aliphatic carbocycles. The van der Waals surface area contributed by atoms with Crippen LogP contribution in [-0.4, -0.2) is 11.1 Å². The van der Waals surface area contributed by atoms with E-state index in [-0.39, 0.29) is 5.56 Å². The number of fused-ring (bicyclic) bond motifs is 1. The summed E-state index contributed by atoms with van der Waals surface area (Å²) >= 11 is 2.00. The third-order valence-corrected chi connectivity index (χ3v) is 3.05. The molecule has 0 unspecified atom stereocenters. The second kappa shape index (κ2) is 3.77. The fourth-order valence-electron chi connectivity index (χ4n) is 1.45. The van der Waals surface area contributed by atoms with E-state index in [4.69, 9.17) is 5.11 Å². The third-order valence-electron chi connectivity index (χ3n) is 2.16. The van der Waals surface area contributed by atoms with Gasteiger partial charge in [-0.05, 0) is 34.0 Å². The lowest BCUT2D eigenvalue weighted by atomic mass is 10.1. The number of halogens is 2. The van der Waals surface area contributed by atoms with E-state index in [0.717, 1.165) is 8.96 Å². The molecule has 15 heavy (non-hydrogen) atoms. The highest BCUT2D eigenvalue weighted by Gasteiger charge is 2.15. The van der Waals surface area contributed by atoms with E-state index in [9.17, 15) is 9.18 Å². The predicted octanol–water partition coefficient (Wildman–Crippen LogP) is 3.28. The SMILES string of the molecule is O=C(O)c1cc(I)c2ccccc2c1F. The van der Waals surface area contributed by atoms with Crippen LogP contribution < -0.4 is 0 Å². The van der Waals surface area contributed by atoms with Crippen LogP contribution in [0.4, 0.5) is 4.39 Å². The molecule has 0 aromatic heterocycles. The van der Waals surface area contributed by atoms with Gasteiger partial charge in [-0.15, -0.1) is 0 Å². The van der Waals surface area contributed by atoms with E-state index in [2.05, 4.69) is 0 Å². The first-order valence-corrected chi connectivity index (χ1v) is 5.29. The second-order valence-corrected chi connectivity index (χ2v) is 4.23. The summed E-state index contributed by atoms with van der Waals surface area (Å²) in [6.45, 7) is 0. The molecule has 0 amide bonds. The molecule has 4 heteroatoms. The molecule has 0 fully saturated rings. The van der Waals surface area contributed by atoms with Crippen LogP contribution in [0.2, 0.25) is 0 Å². The highest BCUT2D eigenvalue weighted by molar-refractivity contribution is 14.1. The Labute approximate surface area is 98.9 Å². The minimum absolute atomic E-state index is 0.280. The van der Waals surface area contributed by atoms with Crippen LogP contribution >= 0.6 is 22.6 Å². The van der Waals surface area contributed by atoms with Crippen molar-refractivity contribution in [3.05, 3.63) is 45.3 Å². The van der Waals surface area contributed by atoms with Gasteiger partial charge in [-0.1, -0.05) is 24.3 Å². The molecule has 0 spiro atoms. The highest BCUT2D eigenvalue weighted by atomic mass is 127. The average Bonchev–Trinajstić information content (AvgIpc) is 2.23. The molecule has 0 aliphatic rings. The van der Waals surface area contributed by atoms with Gasteiger partial charge in [0, 0.05) is 8.96 Å². The Morgan fingerprint density at radius 1 is 1.27 bits per heavy atom. The molecule has 0 radical (unpaired) electrons. The molecule has 2 aromatic carbocycles. The summed E-state index contributed by atoms with van der Waals surface area (Å²) in [4.78, 5) is 10.8. The van der Waals surface area contributed by atoms with Gasteiger partial charge in [-0.2, -0.15) is 0 Å². The number of aromatic carboxylic acids is 1. The Bertz CT molecular complexity index is 552. The normalized spacial score (nSPS) is 10.5. The standard InChI is InChI=1S/C11H6FIO2/c12-10-7-4-2-1-3-6(7)9(13)5-8(10)11(14)15/h1-5H,(H,14,15). The summed E-state index contributed by atoms with van der Waals surface area (Å²) in [5.74, 6) is -1.91. The van der Waals surface area contributed by atoms with Gasteiger partial charge in [-0.25, -0.2) is 9.18 Å². The molecule has 1 N–H and O–H groups in total. The maximum Gasteiger partial charge on any atom is 0.338 e. The molecular weight excluding hydrogens is 310 g/mol. The summed E-state index contributed by atoms with van der Waals surface area (Å²) < 4.78 is 14.5. The lowest BCUT2D eigenvalue weighted by Crippen LogP contribution is -2.02. The van der Waals surface area contributed by atoms with E-state index in [1.165, 1.54) is 6.07 Å². The summed E-state index contributed by atoms with van der Waals surface area (Å²) in [6.07, 6.45) is 0. The van der Waals surface area contributed by atoms with Crippen molar-refractivity contribution in [1.29, 1.82) is 0 Å². The van der Waals surface area contributed by atoms with Gasteiger partial charge < -0.3 is 5.11 Å². The van der Waals surface area contributed by atoms with Crippen molar-refractivity contribution in [3.8, 4) is 0 Å². The van der Waals surface area contributed by atoms with Crippen molar-refractivity contribution in [3.63, 3.8) is 0 Å². The number of carboxylic acid groups (broad SMARTS) is 1. The summed E-state index contributed by atoms with van der Waals surface area (Å²) in [5, 5.41) is 9.89. The zero-order valence-corrected chi connectivity index (χ0v) is 9.66. The quantitative estimate of drug-likeness (QED) is 0.820. The maximum absolute atomic E-state index is 13.7. The molecule has 0 saturated carbocycles. The van der Waals surface area contributed by atoms with Crippen LogP contribution in [0, 0.1) is 9.39 Å². The Morgan fingerprint density at radius 2 is 1.87 bits per heavy atom. The first-order valence-electron chi connectivity index (χ1n) is 4.21. The van der Waals surface area contributed by atoms with Gasteiger partial charge in [0.05, 0.1) is 5.56 Å². The van der Waals surface area contributed by atoms with E-state index < -0.39 is 11.8 Å². The average molecular weight is 316 g/mol. The van der Waals surface area contributed by atoms with Crippen LogP contribution in [0.15, 0.2) is 30.3 Å². The number of hydrogen-bond donors (Lipinski definition) is 1. The van der Waals surface area contributed by atoms with Crippen molar-refractivity contribution >= 4 is 39.3 Å². The number of carbonyl (C=O) groups is 1. The smallest absolute Gasteiger partial charge is 0.338 e. The van der Waals surface area contributed by atoms with Crippen LogP contribution in [0.25, 0.3) is 10.8 Å². The number of benzene rings is 2. The zero-order valence-electron chi connectivity index (χ0n) is 7.50. The van der Waals surface area contributed by atoms with Crippen LogP contribution in [-0.2, 0) is 0 Å². The first kappa shape index (κ1) is 10.4. The van der Waals surface area contributed by atoms with Crippen molar-refractivity contribution in [2.75, 3.05) is 0 Å². The number of rotatable bonds is 1. The molecule has 2 nitrogen and oxygen atoms in total. The Hall–Kier alpha value is -1.17. The molecule has 0 saturated heterocycles. The first-order chi connectivity index (χ1) is 7.11. The Balaban J connectivity index is 2.90. The highest BCUT2D eigenvalue weighted by Crippen LogP contribution is 2.26. The van der Waals surface area contributed by atoms with Gasteiger partial charge in [-0.3, -0.25) is 0 Å². The Kier molecular flexibility index (Phi) is 2.60. The van der Waals surface area contributed by atoms with Crippen LogP contribution in [0.3, 0.4) is 0 Å². The maximum atomic E-state index is 13.7. The van der Waals surface area contributed by atoms with Crippen molar-refractivity contribution in [2.24, 2.45) is 0 Å². The lowest BCUT2D eigenvalue weighted by Gasteiger charge is -2.05. The predicted molar refractivity (Wildman–Crippen MR) is 63.6 cm³/mol. The summed E-state index contributed by atoms with van der Waals surface area (Å²) in [7, 11) is 0. The van der Waals surface area contributed by atoms with E-state index >= 15 is 0 Å². The molecule has 0 bridgehead atoms. The number of hydrogen-bond acceptors (Lipinski definition) is 1.